The van der Waals surface area contributed by atoms with Crippen molar-refractivity contribution in [3.63, 3.8) is 0 Å². The minimum atomic E-state index is -0.799. The summed E-state index contributed by atoms with van der Waals surface area (Å²) in [5, 5.41) is 4.09. The Labute approximate surface area is 207 Å². The van der Waals surface area contributed by atoms with Crippen molar-refractivity contribution in [3.05, 3.63) is 75.5 Å². The van der Waals surface area contributed by atoms with Gasteiger partial charge in [0.2, 0.25) is 17.3 Å². The van der Waals surface area contributed by atoms with E-state index in [1.807, 2.05) is 12.4 Å². The third-order valence-corrected chi connectivity index (χ3v) is 5.82. The lowest BCUT2D eigenvalue weighted by Crippen LogP contribution is -2.39. The normalized spacial score (nSPS) is 13.8. The largest absolute Gasteiger partial charge is 0.487 e. The summed E-state index contributed by atoms with van der Waals surface area (Å²) in [7, 11) is 1.19. The summed E-state index contributed by atoms with van der Waals surface area (Å²) < 4.78 is 25.8. The first-order chi connectivity index (χ1) is 17.4. The van der Waals surface area contributed by atoms with Crippen LogP contribution in [0.4, 0.5) is 16.0 Å². The van der Waals surface area contributed by atoms with Gasteiger partial charge in [-0.2, -0.15) is 9.78 Å². The standard InChI is InChI=1S/C25H25FN6O4/c1-4-5-16-14-28-25(29-15-16)31-10-8-18(9-11-31)36-21-13-22(33)32(30-23(21)24(34)35-3)17-6-7-20(27-2)19(26)12-17/h6-7,12-15,18H,4-5,8-11H2,1,3H3. The predicted molar refractivity (Wildman–Crippen MR) is 129 cm³/mol. The molecule has 0 N–H and O–H groups in total. The lowest BCUT2D eigenvalue weighted by molar-refractivity contribution is 0.0581. The van der Waals surface area contributed by atoms with Crippen molar-refractivity contribution in [2.24, 2.45) is 0 Å². The van der Waals surface area contributed by atoms with E-state index in [9.17, 15) is 14.0 Å². The number of anilines is 1. The van der Waals surface area contributed by atoms with Gasteiger partial charge in [0.25, 0.3) is 5.56 Å². The lowest BCUT2D eigenvalue weighted by Gasteiger charge is -2.32. The van der Waals surface area contributed by atoms with Crippen molar-refractivity contribution >= 4 is 17.6 Å². The fourth-order valence-corrected chi connectivity index (χ4v) is 3.95. The Bertz CT molecular complexity index is 1340. The molecule has 0 aliphatic carbocycles. The second kappa shape index (κ2) is 10.9. The van der Waals surface area contributed by atoms with Gasteiger partial charge < -0.3 is 14.4 Å². The third-order valence-electron chi connectivity index (χ3n) is 5.82. The summed E-state index contributed by atoms with van der Waals surface area (Å²) in [6, 6.07) is 4.76. The molecule has 1 aromatic carbocycles. The first-order valence-electron chi connectivity index (χ1n) is 11.6. The molecular formula is C25H25FN6O4. The molecule has 0 unspecified atom stereocenters. The fraction of sp³-hybridized carbons (Fsp3) is 0.360. The zero-order chi connectivity index (χ0) is 25.7. The molecule has 1 aliphatic rings. The van der Waals surface area contributed by atoms with Crippen LogP contribution in [0.2, 0.25) is 0 Å². The van der Waals surface area contributed by atoms with Gasteiger partial charge in [0.1, 0.15) is 11.9 Å². The number of piperidine rings is 1. The summed E-state index contributed by atoms with van der Waals surface area (Å²) in [4.78, 5) is 39.3. The first kappa shape index (κ1) is 24.8. The first-order valence-corrected chi connectivity index (χ1v) is 11.6. The molecule has 36 heavy (non-hydrogen) atoms. The number of esters is 1. The quantitative estimate of drug-likeness (QED) is 0.365. The average Bonchev–Trinajstić information content (AvgIpc) is 2.89. The van der Waals surface area contributed by atoms with Gasteiger partial charge >= 0.3 is 5.97 Å². The number of rotatable bonds is 7. The number of carbonyl (C=O) groups is 1. The molecule has 11 heteroatoms. The number of halogens is 1. The van der Waals surface area contributed by atoms with Crippen LogP contribution >= 0.6 is 0 Å². The van der Waals surface area contributed by atoms with Crippen LogP contribution in [-0.4, -0.2) is 52.0 Å². The second-order valence-electron chi connectivity index (χ2n) is 8.29. The number of aromatic nitrogens is 4. The summed E-state index contributed by atoms with van der Waals surface area (Å²) in [6.07, 6.45) is 6.63. The maximum atomic E-state index is 14.1. The minimum absolute atomic E-state index is 0.0000289. The highest BCUT2D eigenvalue weighted by Gasteiger charge is 2.26. The van der Waals surface area contributed by atoms with Gasteiger partial charge in [-0.3, -0.25) is 4.79 Å². The van der Waals surface area contributed by atoms with Crippen molar-refractivity contribution < 1.29 is 18.7 Å². The van der Waals surface area contributed by atoms with Crippen LogP contribution < -0.4 is 15.2 Å². The van der Waals surface area contributed by atoms with E-state index in [1.54, 1.807) is 0 Å². The topological polar surface area (TPSA) is 104 Å². The number of aryl methyl sites for hydroxylation is 1. The average molecular weight is 493 g/mol. The van der Waals surface area contributed by atoms with Crippen LogP contribution in [0.5, 0.6) is 5.75 Å². The van der Waals surface area contributed by atoms with Gasteiger partial charge in [-0.05, 0) is 24.1 Å². The van der Waals surface area contributed by atoms with E-state index in [4.69, 9.17) is 16.0 Å². The molecule has 2 aromatic heterocycles. The van der Waals surface area contributed by atoms with Crippen molar-refractivity contribution in [1.29, 1.82) is 0 Å². The monoisotopic (exact) mass is 492 g/mol. The van der Waals surface area contributed by atoms with E-state index < -0.39 is 17.3 Å². The Morgan fingerprint density at radius 1 is 1.22 bits per heavy atom. The summed E-state index contributed by atoms with van der Waals surface area (Å²) in [5.74, 6) is -0.939. The Kier molecular flexibility index (Phi) is 7.53. The molecule has 3 heterocycles. The van der Waals surface area contributed by atoms with E-state index in [1.165, 1.54) is 19.2 Å². The van der Waals surface area contributed by atoms with E-state index in [-0.39, 0.29) is 28.9 Å². The number of methoxy groups -OCH3 is 1. The van der Waals surface area contributed by atoms with Gasteiger partial charge in [-0.1, -0.05) is 19.4 Å². The summed E-state index contributed by atoms with van der Waals surface area (Å²) >= 11 is 0. The van der Waals surface area contributed by atoms with Crippen molar-refractivity contribution in [3.8, 4) is 11.4 Å². The molecule has 186 valence electrons. The third kappa shape index (κ3) is 5.33. The Morgan fingerprint density at radius 3 is 2.56 bits per heavy atom. The second-order valence-corrected chi connectivity index (χ2v) is 8.29. The number of carbonyl (C=O) groups excluding carboxylic acids is 1. The maximum absolute atomic E-state index is 14.1. The Balaban J connectivity index is 1.52. The van der Waals surface area contributed by atoms with Crippen molar-refractivity contribution in [1.82, 2.24) is 19.7 Å². The zero-order valence-electron chi connectivity index (χ0n) is 20.0. The maximum Gasteiger partial charge on any atom is 0.362 e. The molecule has 0 bridgehead atoms. The molecule has 1 fully saturated rings. The zero-order valence-corrected chi connectivity index (χ0v) is 20.0. The van der Waals surface area contributed by atoms with Crippen LogP contribution in [-0.2, 0) is 11.2 Å². The lowest BCUT2D eigenvalue weighted by atomic mass is 10.1. The van der Waals surface area contributed by atoms with Crippen LogP contribution in [0.15, 0.2) is 41.5 Å². The van der Waals surface area contributed by atoms with Gasteiger partial charge in [-0.25, -0.2) is 24.0 Å². The molecule has 1 aliphatic heterocycles. The van der Waals surface area contributed by atoms with Crippen LogP contribution in [0.1, 0.15) is 42.2 Å². The molecule has 4 rings (SSSR count). The molecule has 0 atom stereocenters. The highest BCUT2D eigenvalue weighted by Crippen LogP contribution is 2.24. The molecule has 0 amide bonds. The van der Waals surface area contributed by atoms with Crippen molar-refractivity contribution in [2.45, 2.75) is 38.7 Å². The SMILES string of the molecule is [C-]#[N+]c1ccc(-n2nc(C(=O)OC)c(OC3CCN(c4ncc(CCC)cn4)CC3)cc2=O)cc1F. The smallest absolute Gasteiger partial charge is 0.362 e. The molecule has 1 saturated heterocycles. The van der Waals surface area contributed by atoms with Gasteiger partial charge in [-0.15, -0.1) is 0 Å². The Morgan fingerprint density at radius 2 is 1.94 bits per heavy atom. The Hall–Kier alpha value is -4.33. The van der Waals surface area contributed by atoms with Crippen LogP contribution in [0.25, 0.3) is 10.5 Å². The molecule has 0 radical (unpaired) electrons. The van der Waals surface area contributed by atoms with E-state index in [2.05, 4.69) is 31.7 Å². The highest BCUT2D eigenvalue weighted by atomic mass is 19.1. The molecule has 3 aromatic rings. The van der Waals surface area contributed by atoms with Gasteiger partial charge in [0.05, 0.1) is 25.4 Å². The number of hydrogen-bond acceptors (Lipinski definition) is 8. The number of benzene rings is 1. The van der Waals surface area contributed by atoms with Gasteiger partial charge in [0, 0.05) is 38.3 Å². The molecule has 0 spiro atoms. The van der Waals surface area contributed by atoms with Crippen molar-refractivity contribution in [2.75, 3.05) is 25.1 Å². The number of hydrogen-bond donors (Lipinski definition) is 0. The number of nitrogens with zero attached hydrogens (tertiary/aromatic N) is 6. The minimum Gasteiger partial charge on any atom is -0.487 e. The molecule has 10 nitrogen and oxygen atoms in total. The summed E-state index contributed by atoms with van der Waals surface area (Å²) in [6.45, 7) is 10.4. The fourth-order valence-electron chi connectivity index (χ4n) is 3.95. The van der Waals surface area contributed by atoms with E-state index in [0.717, 1.165) is 35.2 Å². The highest BCUT2D eigenvalue weighted by molar-refractivity contribution is 5.90. The molecule has 0 saturated carbocycles. The van der Waals surface area contributed by atoms with Crippen LogP contribution in [0.3, 0.4) is 0 Å². The predicted octanol–water partition coefficient (Wildman–Crippen LogP) is 3.50. The van der Waals surface area contributed by atoms with Gasteiger partial charge in [0.15, 0.2) is 5.75 Å². The van der Waals surface area contributed by atoms with Crippen LogP contribution in [0, 0.1) is 12.4 Å². The summed E-state index contributed by atoms with van der Waals surface area (Å²) in [5.41, 5.74) is 0.158. The van der Waals surface area contributed by atoms with E-state index in [0.29, 0.717) is 31.9 Å². The van der Waals surface area contributed by atoms with E-state index >= 15 is 0 Å². The molecular weight excluding hydrogens is 467 g/mol. The number of ether oxygens (including phenoxy) is 2.